The maximum Gasteiger partial charge on any atom is 0.223 e. The largest absolute Gasteiger partial charge is 0.368 e. The van der Waals surface area contributed by atoms with E-state index in [0.717, 1.165) is 37.9 Å². The monoisotopic (exact) mass is 349 g/mol. The van der Waals surface area contributed by atoms with Gasteiger partial charge in [0.2, 0.25) is 11.9 Å². The number of anilines is 2. The van der Waals surface area contributed by atoms with Crippen molar-refractivity contribution in [3.63, 3.8) is 0 Å². The van der Waals surface area contributed by atoms with Crippen molar-refractivity contribution in [1.29, 1.82) is 0 Å². The van der Waals surface area contributed by atoms with Crippen molar-refractivity contribution in [2.75, 3.05) is 11.1 Å². The lowest BCUT2D eigenvalue weighted by Crippen LogP contribution is -2.04. The van der Waals surface area contributed by atoms with E-state index in [1.165, 1.54) is 18.3 Å². The van der Waals surface area contributed by atoms with Gasteiger partial charge in [-0.05, 0) is 42.3 Å². The van der Waals surface area contributed by atoms with E-state index in [1.54, 1.807) is 0 Å². The molecule has 2 aromatic carbocycles. The average molecular weight is 349 g/mol. The number of carbonyl (C=O) groups excluding carboxylic acids is 1. The van der Waals surface area contributed by atoms with Crippen LogP contribution in [0.5, 0.6) is 0 Å². The van der Waals surface area contributed by atoms with Crippen molar-refractivity contribution in [2.45, 2.75) is 13.8 Å². The number of fused-ring (bicyclic) bond motifs is 2. The number of carbonyl (C=O) groups is 1. The number of nitrogens with one attached hydrogen (secondary N) is 1. The van der Waals surface area contributed by atoms with Crippen LogP contribution in [0, 0.1) is 6.92 Å². The van der Waals surface area contributed by atoms with Crippen LogP contribution in [0.2, 0.25) is 0 Å². The van der Waals surface area contributed by atoms with Gasteiger partial charge in [0.05, 0.1) is 21.4 Å². The zero-order valence-electron chi connectivity index (χ0n) is 13.7. The SMILES string of the molecule is CC(=O)Nc1nc2cc(-c3ccc4nc(N)nc(C)c4c3)ccc2s1. The second-order valence-electron chi connectivity index (χ2n) is 5.78. The van der Waals surface area contributed by atoms with Crippen LogP contribution >= 0.6 is 11.3 Å². The first-order valence-electron chi connectivity index (χ1n) is 7.72. The summed E-state index contributed by atoms with van der Waals surface area (Å²) in [6, 6.07) is 12.1. The highest BCUT2D eigenvalue weighted by atomic mass is 32.1. The molecule has 0 aliphatic heterocycles. The van der Waals surface area contributed by atoms with Crippen molar-refractivity contribution in [3.05, 3.63) is 42.1 Å². The van der Waals surface area contributed by atoms with Crippen LogP contribution in [0.15, 0.2) is 36.4 Å². The quantitative estimate of drug-likeness (QED) is 0.575. The van der Waals surface area contributed by atoms with E-state index in [-0.39, 0.29) is 11.9 Å². The molecule has 0 radical (unpaired) electrons. The normalized spacial score (nSPS) is 11.1. The lowest BCUT2D eigenvalue weighted by Gasteiger charge is -2.06. The highest BCUT2D eigenvalue weighted by Crippen LogP contribution is 2.31. The molecule has 0 unspecified atom stereocenters. The zero-order chi connectivity index (χ0) is 17.6. The van der Waals surface area contributed by atoms with Crippen LogP contribution in [0.3, 0.4) is 0 Å². The molecule has 3 N–H and O–H groups in total. The van der Waals surface area contributed by atoms with Gasteiger partial charge in [-0.2, -0.15) is 0 Å². The van der Waals surface area contributed by atoms with Gasteiger partial charge in [0, 0.05) is 12.3 Å². The minimum Gasteiger partial charge on any atom is -0.368 e. The van der Waals surface area contributed by atoms with Crippen molar-refractivity contribution in [1.82, 2.24) is 15.0 Å². The van der Waals surface area contributed by atoms with Gasteiger partial charge in [-0.25, -0.2) is 15.0 Å². The molecule has 4 rings (SSSR count). The van der Waals surface area contributed by atoms with E-state index in [0.29, 0.717) is 5.13 Å². The number of amides is 1. The van der Waals surface area contributed by atoms with Crippen LogP contribution in [0.4, 0.5) is 11.1 Å². The predicted molar refractivity (Wildman–Crippen MR) is 102 cm³/mol. The molecule has 4 aromatic rings. The highest BCUT2D eigenvalue weighted by Gasteiger charge is 2.09. The summed E-state index contributed by atoms with van der Waals surface area (Å²) < 4.78 is 1.03. The summed E-state index contributed by atoms with van der Waals surface area (Å²) in [7, 11) is 0. The smallest absolute Gasteiger partial charge is 0.223 e. The molecule has 0 saturated carbocycles. The van der Waals surface area contributed by atoms with Gasteiger partial charge >= 0.3 is 0 Å². The zero-order valence-corrected chi connectivity index (χ0v) is 14.5. The second kappa shape index (κ2) is 5.78. The van der Waals surface area contributed by atoms with Gasteiger partial charge in [-0.3, -0.25) is 4.79 Å². The summed E-state index contributed by atoms with van der Waals surface area (Å²) in [6.45, 7) is 3.40. The van der Waals surface area contributed by atoms with Crippen LogP contribution < -0.4 is 11.1 Å². The predicted octanol–water partition coefficient (Wildman–Crippen LogP) is 3.76. The third-order valence-electron chi connectivity index (χ3n) is 3.91. The van der Waals surface area contributed by atoms with Gasteiger partial charge in [0.15, 0.2) is 5.13 Å². The van der Waals surface area contributed by atoms with E-state index in [1.807, 2.05) is 37.3 Å². The number of aromatic nitrogens is 3. The van der Waals surface area contributed by atoms with Crippen molar-refractivity contribution in [3.8, 4) is 11.1 Å². The van der Waals surface area contributed by atoms with Crippen molar-refractivity contribution in [2.24, 2.45) is 0 Å². The van der Waals surface area contributed by atoms with E-state index in [4.69, 9.17) is 5.73 Å². The first-order valence-corrected chi connectivity index (χ1v) is 8.54. The molecule has 2 aromatic heterocycles. The van der Waals surface area contributed by atoms with Crippen LogP contribution in [-0.4, -0.2) is 20.9 Å². The number of benzene rings is 2. The lowest BCUT2D eigenvalue weighted by molar-refractivity contribution is -0.114. The van der Waals surface area contributed by atoms with Crippen molar-refractivity contribution >= 4 is 49.4 Å². The summed E-state index contributed by atoms with van der Waals surface area (Å²) >= 11 is 1.46. The van der Waals surface area contributed by atoms with E-state index >= 15 is 0 Å². The molecule has 1 amide bonds. The molecule has 6 nitrogen and oxygen atoms in total. The molecule has 0 atom stereocenters. The van der Waals surface area contributed by atoms with Gasteiger partial charge < -0.3 is 11.1 Å². The van der Waals surface area contributed by atoms with Crippen LogP contribution in [0.25, 0.3) is 32.2 Å². The maximum absolute atomic E-state index is 11.2. The summed E-state index contributed by atoms with van der Waals surface area (Å²) in [5.41, 5.74) is 10.4. The molecule has 2 heterocycles. The molecule has 0 fully saturated rings. The molecule has 0 aliphatic rings. The summed E-state index contributed by atoms with van der Waals surface area (Å²) in [4.78, 5) is 24.2. The van der Waals surface area contributed by atoms with E-state index < -0.39 is 0 Å². The highest BCUT2D eigenvalue weighted by molar-refractivity contribution is 7.22. The summed E-state index contributed by atoms with van der Waals surface area (Å²) in [6.07, 6.45) is 0. The first-order chi connectivity index (χ1) is 12.0. The Hall–Kier alpha value is -3.06. The van der Waals surface area contributed by atoms with E-state index in [2.05, 4.69) is 26.3 Å². The number of nitrogens with two attached hydrogens (primary N) is 1. The number of aryl methyl sites for hydroxylation is 1. The maximum atomic E-state index is 11.2. The Kier molecular flexibility index (Phi) is 3.58. The van der Waals surface area contributed by atoms with E-state index in [9.17, 15) is 4.79 Å². The van der Waals surface area contributed by atoms with Gasteiger partial charge in [-0.1, -0.05) is 23.5 Å². The van der Waals surface area contributed by atoms with Gasteiger partial charge in [-0.15, -0.1) is 0 Å². The molecule has 0 bridgehead atoms. The molecule has 0 aliphatic carbocycles. The number of thiazole rings is 1. The molecule has 0 spiro atoms. The van der Waals surface area contributed by atoms with Crippen LogP contribution in [0.1, 0.15) is 12.6 Å². The Morgan fingerprint density at radius 1 is 1.04 bits per heavy atom. The molecule has 7 heteroatoms. The summed E-state index contributed by atoms with van der Waals surface area (Å²) in [5.74, 6) is 0.163. The Labute approximate surface area is 147 Å². The fourth-order valence-corrected chi connectivity index (χ4v) is 3.69. The van der Waals surface area contributed by atoms with Gasteiger partial charge in [0.1, 0.15) is 0 Å². The number of hydrogen-bond donors (Lipinski definition) is 2. The van der Waals surface area contributed by atoms with Gasteiger partial charge in [0.25, 0.3) is 0 Å². The minimum absolute atomic E-state index is 0.122. The molecule has 124 valence electrons. The molecular formula is C18H15N5OS. The fraction of sp³-hybridized carbons (Fsp3) is 0.111. The Bertz CT molecular complexity index is 1140. The summed E-state index contributed by atoms with van der Waals surface area (Å²) in [5, 5.41) is 4.32. The third kappa shape index (κ3) is 2.89. The molecule has 0 saturated heterocycles. The molecule has 25 heavy (non-hydrogen) atoms. The minimum atomic E-state index is -0.122. The standard InChI is InChI=1S/C18H15N5OS/c1-9-13-7-11(3-5-14(13)22-17(19)20-9)12-4-6-16-15(8-12)23-18(25-16)21-10(2)24/h3-8H,1-2H3,(H2,19,20,22)(H,21,23,24). The second-order valence-corrected chi connectivity index (χ2v) is 6.81. The Morgan fingerprint density at radius 2 is 1.80 bits per heavy atom. The third-order valence-corrected chi connectivity index (χ3v) is 4.86. The number of rotatable bonds is 2. The number of nitrogen functional groups attached to an aromatic ring is 1. The molecular weight excluding hydrogens is 334 g/mol. The van der Waals surface area contributed by atoms with Crippen molar-refractivity contribution < 1.29 is 4.79 Å². The number of nitrogens with zero attached hydrogens (tertiary/aromatic N) is 3. The topological polar surface area (TPSA) is 93.8 Å². The Morgan fingerprint density at radius 3 is 2.60 bits per heavy atom. The first kappa shape index (κ1) is 15.5. The Balaban J connectivity index is 1.80. The van der Waals surface area contributed by atoms with Crippen LogP contribution in [-0.2, 0) is 4.79 Å². The average Bonchev–Trinajstić information content (AvgIpc) is 2.94. The fourth-order valence-electron chi connectivity index (χ4n) is 2.79. The number of hydrogen-bond acceptors (Lipinski definition) is 6. The lowest BCUT2D eigenvalue weighted by atomic mass is 10.0.